The van der Waals surface area contributed by atoms with Gasteiger partial charge in [0.1, 0.15) is 6.10 Å². The SMILES string of the molecule is CCCCCCCCCC(=O)O[C@@H]1CC[C@@H]2[C@H]3CCC4=CC(=O)CC[C@@]4(C)[C@@H]3CC[C@]21C. The molecule has 0 bridgehead atoms. The lowest BCUT2D eigenvalue weighted by Gasteiger charge is -2.57. The number of hydrogen-bond acceptors (Lipinski definition) is 3. The maximum absolute atomic E-state index is 12.6. The summed E-state index contributed by atoms with van der Waals surface area (Å²) in [5.74, 6) is 2.49. The first kappa shape index (κ1) is 24.0. The van der Waals surface area contributed by atoms with E-state index in [4.69, 9.17) is 4.74 Å². The molecule has 6 atom stereocenters. The number of esters is 1. The Morgan fingerprint density at radius 2 is 1.69 bits per heavy atom. The highest BCUT2D eigenvalue weighted by molar-refractivity contribution is 5.91. The summed E-state index contributed by atoms with van der Waals surface area (Å²) in [7, 11) is 0. The third-order valence-corrected chi connectivity index (χ3v) is 10.1. The fourth-order valence-corrected chi connectivity index (χ4v) is 8.15. The van der Waals surface area contributed by atoms with Crippen LogP contribution in [0.4, 0.5) is 0 Å². The Bertz CT molecular complexity index is 724. The number of carbonyl (C=O) groups excluding carboxylic acids is 2. The summed E-state index contributed by atoms with van der Waals surface area (Å²) in [5.41, 5.74) is 1.82. The number of unbranched alkanes of at least 4 members (excludes halogenated alkanes) is 6. The second-order valence-corrected chi connectivity index (χ2v) is 11.9. The summed E-state index contributed by atoms with van der Waals surface area (Å²) in [6.07, 6.45) is 20.1. The lowest BCUT2D eigenvalue weighted by molar-refractivity contribution is -0.160. The van der Waals surface area contributed by atoms with Crippen molar-refractivity contribution >= 4 is 11.8 Å². The first-order valence-electron chi connectivity index (χ1n) is 13.8. The van der Waals surface area contributed by atoms with Crippen LogP contribution in [-0.2, 0) is 14.3 Å². The monoisotopic (exact) mass is 442 g/mol. The molecule has 3 heteroatoms. The quantitative estimate of drug-likeness (QED) is 0.273. The standard InChI is InChI=1S/C29H46O3/c1-4-5-6-7-8-9-10-11-27(31)32-26-15-14-24-23-13-12-21-20-22(30)16-18-28(21,2)25(23)17-19-29(24,26)3/h20,23-26H,4-19H2,1-3H3/t23-,24-,25-,26-,28-,29-/m1/s1. The van der Waals surface area contributed by atoms with Gasteiger partial charge >= 0.3 is 5.97 Å². The Hall–Kier alpha value is -1.12. The zero-order valence-electron chi connectivity index (χ0n) is 20.9. The summed E-state index contributed by atoms with van der Waals surface area (Å²) >= 11 is 0. The largest absolute Gasteiger partial charge is 0.462 e. The molecule has 0 saturated heterocycles. The predicted molar refractivity (Wildman–Crippen MR) is 129 cm³/mol. The molecule has 0 aromatic carbocycles. The smallest absolute Gasteiger partial charge is 0.306 e. The van der Waals surface area contributed by atoms with Crippen LogP contribution in [-0.4, -0.2) is 17.9 Å². The van der Waals surface area contributed by atoms with E-state index in [1.165, 1.54) is 63.4 Å². The molecule has 180 valence electrons. The van der Waals surface area contributed by atoms with Crippen LogP contribution in [0.5, 0.6) is 0 Å². The van der Waals surface area contributed by atoms with E-state index in [1.54, 1.807) is 0 Å². The third kappa shape index (κ3) is 4.60. The molecular weight excluding hydrogens is 396 g/mol. The molecule has 0 radical (unpaired) electrons. The van der Waals surface area contributed by atoms with E-state index in [0.29, 0.717) is 24.0 Å². The fourth-order valence-electron chi connectivity index (χ4n) is 8.15. The molecule has 0 spiro atoms. The molecule has 0 N–H and O–H groups in total. The van der Waals surface area contributed by atoms with Crippen LogP contribution in [0.15, 0.2) is 11.6 Å². The molecule has 3 fully saturated rings. The molecule has 0 aromatic rings. The van der Waals surface area contributed by atoms with Crippen molar-refractivity contribution < 1.29 is 14.3 Å². The molecule has 32 heavy (non-hydrogen) atoms. The van der Waals surface area contributed by atoms with Crippen LogP contribution in [0.3, 0.4) is 0 Å². The van der Waals surface area contributed by atoms with Crippen molar-refractivity contribution in [2.75, 3.05) is 0 Å². The van der Waals surface area contributed by atoms with E-state index in [1.807, 2.05) is 6.08 Å². The van der Waals surface area contributed by atoms with Gasteiger partial charge in [0.15, 0.2) is 5.78 Å². The van der Waals surface area contributed by atoms with Gasteiger partial charge in [0.25, 0.3) is 0 Å². The maximum Gasteiger partial charge on any atom is 0.306 e. The second kappa shape index (κ2) is 10.0. The van der Waals surface area contributed by atoms with Crippen molar-refractivity contribution in [1.82, 2.24) is 0 Å². The van der Waals surface area contributed by atoms with Crippen LogP contribution in [0, 0.1) is 28.6 Å². The molecular formula is C29H46O3. The molecule has 0 unspecified atom stereocenters. The number of carbonyl (C=O) groups is 2. The Balaban J connectivity index is 1.31. The van der Waals surface area contributed by atoms with Gasteiger partial charge in [-0.25, -0.2) is 0 Å². The minimum Gasteiger partial charge on any atom is -0.462 e. The number of rotatable bonds is 9. The Kier molecular flexibility index (Phi) is 7.52. The minimum atomic E-state index is 0.0409. The number of fused-ring (bicyclic) bond motifs is 5. The van der Waals surface area contributed by atoms with Gasteiger partial charge in [-0.3, -0.25) is 9.59 Å². The third-order valence-electron chi connectivity index (χ3n) is 10.1. The van der Waals surface area contributed by atoms with Crippen molar-refractivity contribution in [3.63, 3.8) is 0 Å². The lowest BCUT2D eigenvalue weighted by atomic mass is 9.47. The summed E-state index contributed by atoms with van der Waals surface area (Å²) < 4.78 is 6.16. The molecule has 3 nitrogen and oxygen atoms in total. The molecule has 4 aliphatic carbocycles. The second-order valence-electron chi connectivity index (χ2n) is 11.9. The van der Waals surface area contributed by atoms with Crippen LogP contribution >= 0.6 is 0 Å². The topological polar surface area (TPSA) is 43.4 Å². The summed E-state index contributed by atoms with van der Waals surface area (Å²) in [4.78, 5) is 24.7. The molecule has 0 aliphatic heterocycles. The van der Waals surface area contributed by atoms with E-state index in [0.717, 1.165) is 44.4 Å². The summed E-state index contributed by atoms with van der Waals surface area (Å²) in [6.45, 7) is 7.11. The van der Waals surface area contributed by atoms with Gasteiger partial charge < -0.3 is 4.74 Å². The molecule has 0 aromatic heterocycles. The first-order chi connectivity index (χ1) is 15.4. The Morgan fingerprint density at radius 3 is 2.47 bits per heavy atom. The summed E-state index contributed by atoms with van der Waals surface area (Å²) in [5, 5.41) is 0. The zero-order chi connectivity index (χ0) is 22.8. The van der Waals surface area contributed by atoms with E-state index in [-0.39, 0.29) is 22.9 Å². The molecule has 4 rings (SSSR count). The average molecular weight is 443 g/mol. The fraction of sp³-hybridized carbons (Fsp3) is 0.862. The zero-order valence-corrected chi connectivity index (χ0v) is 20.9. The normalized spacial score (nSPS) is 38.5. The number of ether oxygens (including phenoxy) is 1. The van der Waals surface area contributed by atoms with Gasteiger partial charge in [0, 0.05) is 18.3 Å². The van der Waals surface area contributed by atoms with E-state index < -0.39 is 0 Å². The van der Waals surface area contributed by atoms with Gasteiger partial charge in [-0.05, 0) is 80.6 Å². The van der Waals surface area contributed by atoms with Crippen LogP contribution < -0.4 is 0 Å². The number of hydrogen-bond donors (Lipinski definition) is 0. The van der Waals surface area contributed by atoms with Crippen LogP contribution in [0.1, 0.15) is 124 Å². The van der Waals surface area contributed by atoms with Gasteiger partial charge in [-0.15, -0.1) is 0 Å². The highest BCUT2D eigenvalue weighted by Crippen LogP contribution is 2.65. The molecule has 4 aliphatic rings. The van der Waals surface area contributed by atoms with Gasteiger partial charge in [-0.1, -0.05) is 64.9 Å². The predicted octanol–water partition coefficient (Wildman–Crippen LogP) is 7.57. The summed E-state index contributed by atoms with van der Waals surface area (Å²) in [6, 6.07) is 0. The lowest BCUT2D eigenvalue weighted by Crippen LogP contribution is -2.51. The van der Waals surface area contributed by atoms with Crippen LogP contribution in [0.2, 0.25) is 0 Å². The van der Waals surface area contributed by atoms with E-state index in [2.05, 4.69) is 20.8 Å². The van der Waals surface area contributed by atoms with E-state index in [9.17, 15) is 9.59 Å². The highest BCUT2D eigenvalue weighted by Gasteiger charge is 2.59. The number of ketones is 1. The van der Waals surface area contributed by atoms with Crippen LogP contribution in [0.25, 0.3) is 0 Å². The molecule has 3 saturated carbocycles. The number of allylic oxidation sites excluding steroid dienone is 1. The van der Waals surface area contributed by atoms with Crippen molar-refractivity contribution in [2.24, 2.45) is 28.6 Å². The molecule has 0 heterocycles. The van der Waals surface area contributed by atoms with Crippen molar-refractivity contribution in [3.05, 3.63) is 11.6 Å². The highest BCUT2D eigenvalue weighted by atomic mass is 16.5. The first-order valence-corrected chi connectivity index (χ1v) is 13.8. The average Bonchev–Trinajstić information content (AvgIpc) is 3.10. The minimum absolute atomic E-state index is 0.0409. The van der Waals surface area contributed by atoms with Gasteiger partial charge in [0.2, 0.25) is 0 Å². The Morgan fingerprint density at radius 1 is 0.938 bits per heavy atom. The van der Waals surface area contributed by atoms with Gasteiger partial charge in [-0.2, -0.15) is 0 Å². The van der Waals surface area contributed by atoms with Crippen molar-refractivity contribution in [3.8, 4) is 0 Å². The Labute approximate surface area is 196 Å². The maximum atomic E-state index is 12.6. The van der Waals surface area contributed by atoms with Crippen molar-refractivity contribution in [2.45, 2.75) is 130 Å². The van der Waals surface area contributed by atoms with E-state index >= 15 is 0 Å². The van der Waals surface area contributed by atoms with Gasteiger partial charge in [0.05, 0.1) is 0 Å². The van der Waals surface area contributed by atoms with Crippen molar-refractivity contribution in [1.29, 1.82) is 0 Å². The molecule has 0 amide bonds.